The van der Waals surface area contributed by atoms with Crippen LogP contribution in [0.5, 0.6) is 0 Å². The second kappa shape index (κ2) is 5.72. The number of aromatic amines is 1. The quantitative estimate of drug-likeness (QED) is 0.607. The Morgan fingerprint density at radius 1 is 1.69 bits per heavy atom. The van der Waals surface area contributed by atoms with Crippen molar-refractivity contribution in [2.24, 2.45) is 0 Å². The fourth-order valence-electron chi connectivity index (χ4n) is 1.24. The minimum atomic E-state index is 0.245. The van der Waals surface area contributed by atoms with Gasteiger partial charge in [-0.2, -0.15) is 5.10 Å². The minimum Gasteiger partial charge on any atom is -0.396 e. The molecule has 0 bridgehead atoms. The van der Waals surface area contributed by atoms with Gasteiger partial charge in [0.1, 0.15) is 0 Å². The normalized spacial score (nSPS) is 13.1. The van der Waals surface area contributed by atoms with Crippen LogP contribution < -0.4 is 5.32 Å². The molecule has 4 heteroatoms. The van der Waals surface area contributed by atoms with E-state index < -0.39 is 0 Å². The van der Waals surface area contributed by atoms with Gasteiger partial charge >= 0.3 is 0 Å². The Morgan fingerprint density at radius 2 is 2.54 bits per heavy atom. The van der Waals surface area contributed by atoms with Crippen molar-refractivity contribution in [3.63, 3.8) is 0 Å². The van der Waals surface area contributed by atoms with Crippen LogP contribution in [0.4, 0.5) is 0 Å². The number of H-pyrrole nitrogens is 1. The maximum Gasteiger partial charge on any atom is 0.0490 e. The van der Waals surface area contributed by atoms with Crippen molar-refractivity contribution in [3.05, 3.63) is 18.0 Å². The molecule has 0 aliphatic rings. The van der Waals surface area contributed by atoms with Gasteiger partial charge in [0, 0.05) is 31.1 Å². The summed E-state index contributed by atoms with van der Waals surface area (Å²) in [5.74, 6) is 0. The van der Waals surface area contributed by atoms with Crippen molar-refractivity contribution in [1.82, 2.24) is 15.5 Å². The molecule has 1 rings (SSSR count). The molecule has 4 nitrogen and oxygen atoms in total. The number of aliphatic hydroxyl groups excluding tert-OH is 1. The summed E-state index contributed by atoms with van der Waals surface area (Å²) in [5, 5.41) is 18.8. The highest BCUT2D eigenvalue weighted by atomic mass is 16.3. The summed E-state index contributed by atoms with van der Waals surface area (Å²) < 4.78 is 0. The van der Waals surface area contributed by atoms with Gasteiger partial charge in [-0.05, 0) is 18.9 Å². The molecule has 0 spiro atoms. The van der Waals surface area contributed by atoms with E-state index in [1.807, 2.05) is 6.07 Å². The maximum atomic E-state index is 8.76. The highest BCUT2D eigenvalue weighted by Crippen LogP contribution is 1.98. The molecule has 3 N–H and O–H groups in total. The Bertz CT molecular complexity index is 211. The molecule has 13 heavy (non-hydrogen) atoms. The van der Waals surface area contributed by atoms with Crippen LogP contribution >= 0.6 is 0 Å². The van der Waals surface area contributed by atoms with Crippen LogP contribution in [0.2, 0.25) is 0 Å². The lowest BCUT2D eigenvalue weighted by Crippen LogP contribution is -2.28. The molecule has 1 atom stereocenters. The summed E-state index contributed by atoms with van der Waals surface area (Å²) in [5.41, 5.74) is 1.08. The van der Waals surface area contributed by atoms with Crippen LogP contribution in [0.1, 0.15) is 25.5 Å². The summed E-state index contributed by atoms with van der Waals surface area (Å²) in [6.45, 7) is 3.15. The third-order valence-electron chi connectivity index (χ3n) is 2.11. The van der Waals surface area contributed by atoms with Gasteiger partial charge in [-0.3, -0.25) is 5.10 Å². The molecule has 1 aromatic heterocycles. The predicted molar refractivity (Wildman–Crippen MR) is 51.2 cm³/mol. The van der Waals surface area contributed by atoms with Gasteiger partial charge in [0.2, 0.25) is 0 Å². The summed E-state index contributed by atoms with van der Waals surface area (Å²) in [7, 11) is 0. The summed E-state index contributed by atoms with van der Waals surface area (Å²) in [4.78, 5) is 0. The largest absolute Gasteiger partial charge is 0.396 e. The summed E-state index contributed by atoms with van der Waals surface area (Å²) in [6, 6.07) is 2.34. The van der Waals surface area contributed by atoms with Gasteiger partial charge in [0.05, 0.1) is 0 Å². The van der Waals surface area contributed by atoms with Crippen LogP contribution in [0, 0.1) is 0 Å². The third-order valence-corrected chi connectivity index (χ3v) is 2.11. The van der Waals surface area contributed by atoms with Gasteiger partial charge in [-0.15, -0.1) is 0 Å². The summed E-state index contributed by atoms with van der Waals surface area (Å²) in [6.07, 6.45) is 3.59. The molecular formula is C9H17N3O. The van der Waals surface area contributed by atoms with Gasteiger partial charge < -0.3 is 10.4 Å². The molecule has 0 aromatic carbocycles. The standard InChI is InChI=1S/C9H17N3O/c1-2-8(4-6-13)10-7-9-3-5-11-12-9/h3,5,8,10,13H,2,4,6-7H2,1H3,(H,11,12). The number of rotatable bonds is 6. The molecule has 1 unspecified atom stereocenters. The van der Waals surface area contributed by atoms with E-state index >= 15 is 0 Å². The lowest BCUT2D eigenvalue weighted by atomic mass is 10.1. The highest BCUT2D eigenvalue weighted by molar-refractivity contribution is 4.96. The first kappa shape index (κ1) is 10.2. The average molecular weight is 183 g/mol. The van der Waals surface area contributed by atoms with Crippen LogP contribution in [0.3, 0.4) is 0 Å². The van der Waals surface area contributed by atoms with Crippen molar-refractivity contribution in [2.45, 2.75) is 32.4 Å². The van der Waals surface area contributed by atoms with Crippen LogP contribution in [-0.2, 0) is 6.54 Å². The van der Waals surface area contributed by atoms with E-state index in [1.165, 1.54) is 0 Å². The Morgan fingerprint density at radius 3 is 3.08 bits per heavy atom. The molecule has 74 valence electrons. The van der Waals surface area contributed by atoms with E-state index in [-0.39, 0.29) is 6.61 Å². The lowest BCUT2D eigenvalue weighted by molar-refractivity contribution is 0.261. The maximum absolute atomic E-state index is 8.76. The van der Waals surface area contributed by atoms with E-state index in [0.717, 1.165) is 25.1 Å². The zero-order valence-electron chi connectivity index (χ0n) is 7.95. The first-order chi connectivity index (χ1) is 6.36. The van der Waals surface area contributed by atoms with Gasteiger partial charge in [0.25, 0.3) is 0 Å². The van der Waals surface area contributed by atoms with E-state index in [9.17, 15) is 0 Å². The van der Waals surface area contributed by atoms with Crippen LogP contribution in [-0.4, -0.2) is 28.0 Å². The molecule has 0 aliphatic heterocycles. The third kappa shape index (κ3) is 3.57. The molecule has 0 saturated heterocycles. The highest BCUT2D eigenvalue weighted by Gasteiger charge is 2.04. The molecule has 0 radical (unpaired) electrons. The smallest absolute Gasteiger partial charge is 0.0490 e. The van der Waals surface area contributed by atoms with E-state index in [4.69, 9.17) is 5.11 Å². The zero-order valence-corrected chi connectivity index (χ0v) is 7.95. The fraction of sp³-hybridized carbons (Fsp3) is 0.667. The van der Waals surface area contributed by atoms with E-state index in [1.54, 1.807) is 6.20 Å². The van der Waals surface area contributed by atoms with E-state index in [0.29, 0.717) is 6.04 Å². The van der Waals surface area contributed by atoms with Crippen molar-refractivity contribution >= 4 is 0 Å². The van der Waals surface area contributed by atoms with Crippen molar-refractivity contribution in [2.75, 3.05) is 6.61 Å². The van der Waals surface area contributed by atoms with Gasteiger partial charge in [0.15, 0.2) is 0 Å². The number of nitrogens with one attached hydrogen (secondary N) is 2. The van der Waals surface area contributed by atoms with Crippen LogP contribution in [0.25, 0.3) is 0 Å². The molecule has 0 amide bonds. The van der Waals surface area contributed by atoms with Crippen molar-refractivity contribution < 1.29 is 5.11 Å². The number of aromatic nitrogens is 2. The average Bonchev–Trinajstić information content (AvgIpc) is 2.64. The molecular weight excluding hydrogens is 166 g/mol. The Balaban J connectivity index is 2.23. The van der Waals surface area contributed by atoms with Gasteiger partial charge in [-0.1, -0.05) is 6.92 Å². The number of hydrogen-bond acceptors (Lipinski definition) is 3. The zero-order chi connectivity index (χ0) is 9.52. The van der Waals surface area contributed by atoms with Crippen LogP contribution in [0.15, 0.2) is 12.3 Å². The second-order valence-electron chi connectivity index (χ2n) is 3.08. The summed E-state index contributed by atoms with van der Waals surface area (Å²) >= 11 is 0. The molecule has 0 aliphatic carbocycles. The van der Waals surface area contributed by atoms with Crippen molar-refractivity contribution in [1.29, 1.82) is 0 Å². The van der Waals surface area contributed by atoms with Crippen molar-refractivity contribution in [3.8, 4) is 0 Å². The Hall–Kier alpha value is -0.870. The number of nitrogens with zero attached hydrogens (tertiary/aromatic N) is 1. The van der Waals surface area contributed by atoms with E-state index in [2.05, 4.69) is 22.4 Å². The minimum absolute atomic E-state index is 0.245. The Kier molecular flexibility index (Phi) is 4.49. The molecule has 1 aromatic rings. The number of aliphatic hydroxyl groups is 1. The molecule has 0 saturated carbocycles. The second-order valence-corrected chi connectivity index (χ2v) is 3.08. The topological polar surface area (TPSA) is 60.9 Å². The Labute approximate surface area is 78.4 Å². The monoisotopic (exact) mass is 183 g/mol. The predicted octanol–water partition coefficient (Wildman–Crippen LogP) is 0.660. The first-order valence-electron chi connectivity index (χ1n) is 4.69. The number of hydrogen-bond donors (Lipinski definition) is 3. The lowest BCUT2D eigenvalue weighted by Gasteiger charge is -2.14. The fourth-order valence-corrected chi connectivity index (χ4v) is 1.24. The first-order valence-corrected chi connectivity index (χ1v) is 4.69. The van der Waals surface area contributed by atoms with Gasteiger partial charge in [-0.25, -0.2) is 0 Å². The molecule has 1 heterocycles. The SMILES string of the molecule is CCC(CCO)NCc1ccn[nH]1. The molecule has 0 fully saturated rings.